The predicted octanol–water partition coefficient (Wildman–Crippen LogP) is 1.36. The van der Waals surface area contributed by atoms with Crippen molar-refractivity contribution >= 4 is 22.3 Å². The zero-order chi connectivity index (χ0) is 8.43. The molecule has 5 heteroatoms. The van der Waals surface area contributed by atoms with E-state index in [0.717, 1.165) is 0 Å². The lowest BCUT2D eigenvalue weighted by atomic mass is 10.6. The molecule has 1 heterocycles. The molecule has 0 saturated carbocycles. The quantitative estimate of drug-likeness (QED) is 0.707. The molecule has 11 heavy (non-hydrogen) atoms. The summed E-state index contributed by atoms with van der Waals surface area (Å²) in [5, 5.41) is 0.127. The third-order valence-electron chi connectivity index (χ3n) is 1.11. The van der Waals surface area contributed by atoms with Crippen molar-refractivity contribution in [1.82, 2.24) is 9.36 Å². The molecule has 0 bridgehead atoms. The summed E-state index contributed by atoms with van der Waals surface area (Å²) in [6.07, 6.45) is 0. The van der Waals surface area contributed by atoms with Crippen molar-refractivity contribution in [3.8, 4) is 0 Å². The summed E-state index contributed by atoms with van der Waals surface area (Å²) < 4.78 is 16.0. The first-order chi connectivity index (χ1) is 5.11. The van der Waals surface area contributed by atoms with E-state index in [2.05, 4.69) is 9.36 Å². The molecular weight excluding hydrogens is 180 g/mol. The number of nitrogens with zero attached hydrogens (tertiary/aromatic N) is 2. The third-order valence-corrected chi connectivity index (χ3v) is 3.72. The summed E-state index contributed by atoms with van der Waals surface area (Å²) in [6.45, 7) is 5.62. The topological polar surface area (TPSA) is 42.9 Å². The van der Waals surface area contributed by atoms with Gasteiger partial charge in [-0.1, -0.05) is 13.8 Å². The molecule has 1 unspecified atom stereocenters. The monoisotopic (exact) mass is 190 g/mol. The fourth-order valence-electron chi connectivity index (χ4n) is 0.561. The minimum atomic E-state index is -0.969. The van der Waals surface area contributed by atoms with Crippen LogP contribution < -0.4 is 0 Å². The highest BCUT2D eigenvalue weighted by atomic mass is 32.2. The Kier molecular flexibility index (Phi) is 2.72. The molecule has 1 aromatic rings. The lowest BCUT2D eigenvalue weighted by Crippen LogP contribution is -2.04. The Labute approximate surface area is 72.5 Å². The van der Waals surface area contributed by atoms with Gasteiger partial charge in [0.05, 0.1) is 10.8 Å². The molecule has 0 fully saturated rings. The molecule has 3 nitrogen and oxygen atoms in total. The molecular formula is C6H10N2OS2. The Morgan fingerprint density at radius 2 is 2.18 bits per heavy atom. The second-order valence-corrected chi connectivity index (χ2v) is 5.39. The molecule has 1 atom stereocenters. The largest absolute Gasteiger partial charge is 0.252 e. The van der Waals surface area contributed by atoms with E-state index < -0.39 is 10.8 Å². The van der Waals surface area contributed by atoms with Gasteiger partial charge in [-0.25, -0.2) is 4.98 Å². The van der Waals surface area contributed by atoms with Crippen molar-refractivity contribution in [1.29, 1.82) is 0 Å². The molecule has 0 saturated heterocycles. The predicted molar refractivity (Wildman–Crippen MR) is 46.2 cm³/mol. The molecule has 1 rings (SSSR count). The van der Waals surface area contributed by atoms with Gasteiger partial charge in [0, 0.05) is 5.25 Å². The Hall–Kier alpha value is -0.290. The van der Waals surface area contributed by atoms with Crippen LogP contribution in [0.5, 0.6) is 0 Å². The van der Waals surface area contributed by atoms with Gasteiger partial charge in [-0.05, 0) is 18.5 Å². The SMILES string of the molecule is Cc1nsc(S(=O)C(C)C)n1. The maximum absolute atomic E-state index is 11.4. The van der Waals surface area contributed by atoms with Gasteiger partial charge in [0.25, 0.3) is 0 Å². The summed E-state index contributed by atoms with van der Waals surface area (Å²) in [4.78, 5) is 4.04. The van der Waals surface area contributed by atoms with Gasteiger partial charge in [-0.3, -0.25) is 4.21 Å². The van der Waals surface area contributed by atoms with Crippen molar-refractivity contribution in [2.24, 2.45) is 0 Å². The van der Waals surface area contributed by atoms with Crippen LogP contribution in [-0.4, -0.2) is 18.8 Å². The van der Waals surface area contributed by atoms with Crippen molar-refractivity contribution in [3.05, 3.63) is 5.82 Å². The van der Waals surface area contributed by atoms with E-state index in [1.54, 1.807) is 6.92 Å². The molecule has 0 N–H and O–H groups in total. The van der Waals surface area contributed by atoms with Crippen LogP contribution in [0.1, 0.15) is 19.7 Å². The highest BCUT2D eigenvalue weighted by Gasteiger charge is 2.12. The Morgan fingerprint density at radius 3 is 2.55 bits per heavy atom. The highest BCUT2D eigenvalue weighted by molar-refractivity contribution is 7.87. The lowest BCUT2D eigenvalue weighted by Gasteiger charge is -1.98. The smallest absolute Gasteiger partial charge is 0.200 e. The van der Waals surface area contributed by atoms with Gasteiger partial charge in [-0.2, -0.15) is 4.37 Å². The number of aromatic nitrogens is 2. The van der Waals surface area contributed by atoms with Crippen molar-refractivity contribution in [2.75, 3.05) is 0 Å². The normalized spacial score (nSPS) is 13.8. The first kappa shape index (κ1) is 8.80. The molecule has 62 valence electrons. The van der Waals surface area contributed by atoms with Gasteiger partial charge < -0.3 is 0 Å². The first-order valence-electron chi connectivity index (χ1n) is 3.32. The van der Waals surface area contributed by atoms with Crippen molar-refractivity contribution in [3.63, 3.8) is 0 Å². The summed E-state index contributed by atoms with van der Waals surface area (Å²) in [5.74, 6) is 0.707. The Balaban J connectivity index is 2.85. The van der Waals surface area contributed by atoms with E-state index >= 15 is 0 Å². The third kappa shape index (κ3) is 2.07. The number of rotatable bonds is 2. The molecule has 0 aliphatic carbocycles. The van der Waals surface area contributed by atoms with Crippen molar-refractivity contribution < 1.29 is 4.21 Å². The molecule has 0 spiro atoms. The van der Waals surface area contributed by atoms with E-state index in [9.17, 15) is 4.21 Å². The number of aryl methyl sites for hydroxylation is 1. The average molecular weight is 190 g/mol. The average Bonchev–Trinajstić information content (AvgIpc) is 2.34. The van der Waals surface area contributed by atoms with Crippen LogP contribution in [0.3, 0.4) is 0 Å². The van der Waals surface area contributed by atoms with Crippen LogP contribution in [0, 0.1) is 6.92 Å². The maximum Gasteiger partial charge on any atom is 0.200 e. The van der Waals surface area contributed by atoms with Crippen LogP contribution in [0.25, 0.3) is 0 Å². The lowest BCUT2D eigenvalue weighted by molar-refractivity contribution is 0.676. The standard InChI is InChI=1S/C6H10N2OS2/c1-4(2)11(9)6-7-5(3)8-10-6/h4H,1-3H3. The van der Waals surface area contributed by atoms with E-state index in [0.29, 0.717) is 10.2 Å². The van der Waals surface area contributed by atoms with Crippen LogP contribution >= 0.6 is 11.5 Å². The summed E-state index contributed by atoms with van der Waals surface area (Å²) >= 11 is 1.22. The molecule has 1 aromatic heterocycles. The summed E-state index contributed by atoms with van der Waals surface area (Å²) in [7, 11) is -0.969. The second-order valence-electron chi connectivity index (χ2n) is 2.45. The van der Waals surface area contributed by atoms with E-state index in [1.165, 1.54) is 11.5 Å². The van der Waals surface area contributed by atoms with Crippen LogP contribution in [0.15, 0.2) is 4.34 Å². The van der Waals surface area contributed by atoms with Gasteiger partial charge in [0.15, 0.2) is 0 Å². The second kappa shape index (κ2) is 3.40. The maximum atomic E-state index is 11.4. The van der Waals surface area contributed by atoms with E-state index in [1.807, 2.05) is 13.8 Å². The number of hydrogen-bond acceptors (Lipinski definition) is 4. The summed E-state index contributed by atoms with van der Waals surface area (Å²) in [5.41, 5.74) is 0. The minimum Gasteiger partial charge on any atom is -0.252 e. The fourth-order valence-corrected chi connectivity index (χ4v) is 2.59. The fraction of sp³-hybridized carbons (Fsp3) is 0.667. The van der Waals surface area contributed by atoms with E-state index in [4.69, 9.17) is 0 Å². The first-order valence-corrected chi connectivity index (χ1v) is 5.31. The zero-order valence-corrected chi connectivity index (χ0v) is 8.33. The number of hydrogen-bond donors (Lipinski definition) is 0. The molecule has 0 aliphatic rings. The Morgan fingerprint density at radius 1 is 1.55 bits per heavy atom. The summed E-state index contributed by atoms with van der Waals surface area (Å²) in [6, 6.07) is 0. The van der Waals surface area contributed by atoms with Gasteiger partial charge in [0.1, 0.15) is 5.82 Å². The van der Waals surface area contributed by atoms with Crippen LogP contribution in [0.2, 0.25) is 0 Å². The van der Waals surface area contributed by atoms with Gasteiger partial charge >= 0.3 is 0 Å². The van der Waals surface area contributed by atoms with Gasteiger partial charge in [0.2, 0.25) is 4.34 Å². The zero-order valence-electron chi connectivity index (χ0n) is 6.70. The van der Waals surface area contributed by atoms with Gasteiger partial charge in [-0.15, -0.1) is 0 Å². The minimum absolute atomic E-state index is 0.127. The molecule has 0 aliphatic heterocycles. The van der Waals surface area contributed by atoms with Crippen LogP contribution in [-0.2, 0) is 10.8 Å². The Bertz CT molecular complexity index is 269. The molecule has 0 amide bonds. The molecule has 0 aromatic carbocycles. The highest BCUT2D eigenvalue weighted by Crippen LogP contribution is 2.12. The van der Waals surface area contributed by atoms with Crippen LogP contribution in [0.4, 0.5) is 0 Å². The van der Waals surface area contributed by atoms with E-state index in [-0.39, 0.29) is 5.25 Å². The molecule has 0 radical (unpaired) electrons. The van der Waals surface area contributed by atoms with Crippen molar-refractivity contribution in [2.45, 2.75) is 30.4 Å².